The van der Waals surface area contributed by atoms with Gasteiger partial charge in [-0.15, -0.1) is 11.3 Å². The zero-order chi connectivity index (χ0) is 19.4. The third-order valence-corrected chi connectivity index (χ3v) is 6.72. The molecule has 1 heterocycles. The molecular formula is C23H31NO2S. The van der Waals surface area contributed by atoms with Gasteiger partial charge in [0.15, 0.2) is 0 Å². The summed E-state index contributed by atoms with van der Waals surface area (Å²) in [6.45, 7) is 9.97. The zero-order valence-electron chi connectivity index (χ0n) is 16.9. The molecule has 1 amide bonds. The molecule has 1 aromatic heterocycles. The number of thiophene rings is 1. The molecule has 2 unspecified atom stereocenters. The summed E-state index contributed by atoms with van der Waals surface area (Å²) < 4.78 is 5.98. The highest BCUT2D eigenvalue weighted by Gasteiger charge is 2.30. The molecule has 1 aliphatic rings. The van der Waals surface area contributed by atoms with Crippen LogP contribution in [0.5, 0.6) is 5.75 Å². The van der Waals surface area contributed by atoms with E-state index in [-0.39, 0.29) is 11.8 Å². The number of nitrogens with one attached hydrogen (secondary N) is 1. The van der Waals surface area contributed by atoms with Crippen LogP contribution in [0.4, 0.5) is 0 Å². The van der Waals surface area contributed by atoms with E-state index in [4.69, 9.17) is 4.74 Å². The fourth-order valence-electron chi connectivity index (χ4n) is 4.07. The van der Waals surface area contributed by atoms with Gasteiger partial charge in [-0.25, -0.2) is 0 Å². The standard InChI is InChI=1S/C23H31NO2S/c1-5-10-26-22-12-15(2)20-9-8-18(13-21(20)17(22)4)16(3)23(25)24-14-19-7-6-11-27-19/h6-7,11-12,16,18H,5,8-10,13-14H2,1-4H3,(H,24,25). The lowest BCUT2D eigenvalue weighted by atomic mass is 9.74. The smallest absolute Gasteiger partial charge is 0.223 e. The Morgan fingerprint density at radius 2 is 2.19 bits per heavy atom. The van der Waals surface area contributed by atoms with E-state index < -0.39 is 0 Å². The van der Waals surface area contributed by atoms with Crippen LogP contribution in [0.1, 0.15) is 53.8 Å². The molecule has 3 rings (SSSR count). The second-order valence-corrected chi connectivity index (χ2v) is 8.74. The molecule has 0 bridgehead atoms. The van der Waals surface area contributed by atoms with Gasteiger partial charge < -0.3 is 10.1 Å². The van der Waals surface area contributed by atoms with Gasteiger partial charge in [0.2, 0.25) is 5.91 Å². The fourth-order valence-corrected chi connectivity index (χ4v) is 4.72. The van der Waals surface area contributed by atoms with Gasteiger partial charge in [-0.3, -0.25) is 4.79 Å². The number of amides is 1. The lowest BCUT2D eigenvalue weighted by molar-refractivity contribution is -0.126. The van der Waals surface area contributed by atoms with Gasteiger partial charge in [-0.05, 0) is 85.2 Å². The average Bonchev–Trinajstić information content (AvgIpc) is 3.20. The number of hydrogen-bond acceptors (Lipinski definition) is 3. The van der Waals surface area contributed by atoms with Crippen molar-refractivity contribution in [2.75, 3.05) is 6.61 Å². The summed E-state index contributed by atoms with van der Waals surface area (Å²) in [5.41, 5.74) is 5.48. The number of ether oxygens (including phenoxy) is 1. The van der Waals surface area contributed by atoms with Crippen LogP contribution in [-0.2, 0) is 24.2 Å². The zero-order valence-corrected chi connectivity index (χ0v) is 17.7. The van der Waals surface area contributed by atoms with Crippen LogP contribution < -0.4 is 10.1 Å². The van der Waals surface area contributed by atoms with E-state index >= 15 is 0 Å². The van der Waals surface area contributed by atoms with Crippen LogP contribution in [0.15, 0.2) is 23.6 Å². The molecule has 146 valence electrons. The molecule has 0 fully saturated rings. The maximum absolute atomic E-state index is 12.7. The Hall–Kier alpha value is -1.81. The van der Waals surface area contributed by atoms with Gasteiger partial charge in [0.05, 0.1) is 13.2 Å². The van der Waals surface area contributed by atoms with Crippen LogP contribution >= 0.6 is 11.3 Å². The van der Waals surface area contributed by atoms with Gasteiger partial charge >= 0.3 is 0 Å². The molecule has 27 heavy (non-hydrogen) atoms. The molecule has 0 radical (unpaired) electrons. The van der Waals surface area contributed by atoms with E-state index in [1.165, 1.54) is 27.1 Å². The Morgan fingerprint density at radius 1 is 1.37 bits per heavy atom. The lowest BCUT2D eigenvalue weighted by Crippen LogP contribution is -2.35. The fraction of sp³-hybridized carbons (Fsp3) is 0.522. The summed E-state index contributed by atoms with van der Waals surface area (Å²) >= 11 is 1.69. The Balaban J connectivity index is 1.70. The van der Waals surface area contributed by atoms with E-state index in [0.717, 1.165) is 38.0 Å². The number of carbonyl (C=O) groups is 1. The average molecular weight is 386 g/mol. The summed E-state index contributed by atoms with van der Waals surface area (Å²) in [5, 5.41) is 5.17. The topological polar surface area (TPSA) is 38.3 Å². The van der Waals surface area contributed by atoms with Gasteiger partial charge in [0.25, 0.3) is 0 Å². The summed E-state index contributed by atoms with van der Waals surface area (Å²) in [6, 6.07) is 6.29. The van der Waals surface area contributed by atoms with Gasteiger partial charge in [-0.2, -0.15) is 0 Å². The van der Waals surface area contributed by atoms with E-state index in [2.05, 4.69) is 45.1 Å². The number of hydrogen-bond donors (Lipinski definition) is 1. The van der Waals surface area contributed by atoms with Crippen molar-refractivity contribution in [3.8, 4) is 5.75 Å². The SMILES string of the molecule is CCCOc1cc(C)c2c(c1C)CC(C(C)C(=O)NCc1cccs1)CC2. The van der Waals surface area contributed by atoms with Crippen molar-refractivity contribution in [2.45, 2.75) is 59.9 Å². The quantitative estimate of drug-likeness (QED) is 0.710. The van der Waals surface area contributed by atoms with E-state index in [9.17, 15) is 4.79 Å². The molecule has 1 N–H and O–H groups in total. The van der Waals surface area contributed by atoms with Gasteiger partial charge in [-0.1, -0.05) is 19.9 Å². The van der Waals surface area contributed by atoms with Crippen molar-refractivity contribution in [1.29, 1.82) is 0 Å². The lowest BCUT2D eigenvalue weighted by Gasteiger charge is -2.31. The number of carbonyl (C=O) groups excluding carboxylic acids is 1. The molecule has 2 atom stereocenters. The minimum atomic E-state index is 0.0260. The molecule has 1 aromatic carbocycles. The predicted molar refractivity (Wildman–Crippen MR) is 113 cm³/mol. The van der Waals surface area contributed by atoms with Gasteiger partial charge in [0, 0.05) is 10.8 Å². The molecule has 0 spiro atoms. The van der Waals surface area contributed by atoms with Crippen LogP contribution in [0.25, 0.3) is 0 Å². The van der Waals surface area contributed by atoms with E-state index in [1.54, 1.807) is 11.3 Å². The van der Waals surface area contributed by atoms with Crippen LogP contribution in [0, 0.1) is 25.7 Å². The second kappa shape index (κ2) is 8.92. The summed E-state index contributed by atoms with van der Waals surface area (Å²) in [5.74, 6) is 1.60. The minimum absolute atomic E-state index is 0.0260. The van der Waals surface area contributed by atoms with E-state index in [1.807, 2.05) is 11.4 Å². The van der Waals surface area contributed by atoms with Crippen LogP contribution in [0.2, 0.25) is 0 Å². The van der Waals surface area contributed by atoms with Crippen molar-refractivity contribution < 1.29 is 9.53 Å². The number of benzene rings is 1. The Bertz CT molecular complexity index is 782. The predicted octanol–water partition coefficient (Wildman–Crippen LogP) is 5.21. The molecule has 0 saturated heterocycles. The maximum Gasteiger partial charge on any atom is 0.223 e. The van der Waals surface area contributed by atoms with Crippen molar-refractivity contribution >= 4 is 17.2 Å². The first-order chi connectivity index (χ1) is 13.0. The van der Waals surface area contributed by atoms with Crippen molar-refractivity contribution in [3.05, 3.63) is 50.7 Å². The van der Waals surface area contributed by atoms with Crippen molar-refractivity contribution in [2.24, 2.45) is 11.8 Å². The number of rotatable bonds is 7. The summed E-state index contributed by atoms with van der Waals surface area (Å²) in [7, 11) is 0. The first-order valence-corrected chi connectivity index (χ1v) is 10.9. The Labute approximate surface area is 167 Å². The summed E-state index contributed by atoms with van der Waals surface area (Å²) in [4.78, 5) is 13.9. The van der Waals surface area contributed by atoms with Crippen molar-refractivity contribution in [3.63, 3.8) is 0 Å². The first kappa shape index (κ1) is 19.9. The molecule has 1 aliphatic carbocycles. The third kappa shape index (κ3) is 4.55. The summed E-state index contributed by atoms with van der Waals surface area (Å²) in [6.07, 6.45) is 4.12. The highest BCUT2D eigenvalue weighted by atomic mass is 32.1. The highest BCUT2D eigenvalue weighted by molar-refractivity contribution is 7.09. The molecular weight excluding hydrogens is 354 g/mol. The molecule has 0 aliphatic heterocycles. The van der Waals surface area contributed by atoms with Crippen molar-refractivity contribution in [1.82, 2.24) is 5.32 Å². The minimum Gasteiger partial charge on any atom is -0.493 e. The first-order valence-electron chi connectivity index (χ1n) is 10.1. The van der Waals surface area contributed by atoms with Crippen LogP contribution in [0.3, 0.4) is 0 Å². The monoisotopic (exact) mass is 385 g/mol. The normalized spacial score (nSPS) is 17.3. The molecule has 2 aromatic rings. The Morgan fingerprint density at radius 3 is 2.89 bits per heavy atom. The number of fused-ring (bicyclic) bond motifs is 1. The second-order valence-electron chi connectivity index (χ2n) is 7.71. The number of aryl methyl sites for hydroxylation is 1. The molecule has 4 heteroatoms. The Kier molecular flexibility index (Phi) is 6.59. The highest BCUT2D eigenvalue weighted by Crippen LogP contribution is 2.37. The van der Waals surface area contributed by atoms with Crippen LogP contribution in [-0.4, -0.2) is 12.5 Å². The maximum atomic E-state index is 12.7. The van der Waals surface area contributed by atoms with E-state index in [0.29, 0.717) is 12.5 Å². The molecule has 3 nitrogen and oxygen atoms in total. The molecule has 0 saturated carbocycles. The van der Waals surface area contributed by atoms with Gasteiger partial charge in [0.1, 0.15) is 5.75 Å². The third-order valence-electron chi connectivity index (χ3n) is 5.84. The largest absolute Gasteiger partial charge is 0.493 e.